The van der Waals surface area contributed by atoms with Crippen LogP contribution in [0.5, 0.6) is 5.75 Å². The number of halogens is 2. The minimum atomic E-state index is -0.527. The second-order valence-electron chi connectivity index (χ2n) is 4.54. The third-order valence-corrected chi connectivity index (χ3v) is 3.53. The molecule has 2 rings (SSSR count). The number of carbonyl (C=O) groups is 1. The van der Waals surface area contributed by atoms with Gasteiger partial charge < -0.3 is 4.74 Å². The average molecular weight is 340 g/mol. The van der Waals surface area contributed by atoms with Gasteiger partial charge in [-0.15, -0.1) is 0 Å². The van der Waals surface area contributed by atoms with Crippen LogP contribution < -0.4 is 4.74 Å². The number of nitrogens with zero attached hydrogens (tertiary/aromatic N) is 1. The van der Waals surface area contributed by atoms with Crippen molar-refractivity contribution in [2.75, 3.05) is 6.61 Å². The standard InChI is InChI=1S/C15H11Cl2NO4/c1-9-2-3-10(6-13(9)18(20)21)14(19)8-22-15-7-11(16)4-5-12(15)17/h2-7H,8H2,1H3. The van der Waals surface area contributed by atoms with Crippen LogP contribution in [0.25, 0.3) is 0 Å². The van der Waals surface area contributed by atoms with Gasteiger partial charge in [-0.2, -0.15) is 0 Å². The Bertz CT molecular complexity index is 746. The summed E-state index contributed by atoms with van der Waals surface area (Å²) in [5.74, 6) is -0.108. The topological polar surface area (TPSA) is 69.4 Å². The Morgan fingerprint density at radius 1 is 1.23 bits per heavy atom. The number of rotatable bonds is 5. The molecule has 22 heavy (non-hydrogen) atoms. The minimum Gasteiger partial charge on any atom is -0.484 e. The monoisotopic (exact) mass is 339 g/mol. The molecular formula is C15H11Cl2NO4. The van der Waals surface area contributed by atoms with E-state index in [2.05, 4.69) is 0 Å². The third kappa shape index (κ3) is 3.75. The molecule has 0 fully saturated rings. The zero-order valence-electron chi connectivity index (χ0n) is 11.5. The van der Waals surface area contributed by atoms with Crippen molar-refractivity contribution in [1.82, 2.24) is 0 Å². The first-order chi connectivity index (χ1) is 10.4. The van der Waals surface area contributed by atoms with Gasteiger partial charge in [-0.05, 0) is 19.1 Å². The summed E-state index contributed by atoms with van der Waals surface area (Å²) in [6, 6.07) is 8.93. The Kier molecular flexibility index (Phi) is 5.00. The second kappa shape index (κ2) is 6.77. The van der Waals surface area contributed by atoms with Gasteiger partial charge in [0, 0.05) is 28.3 Å². The molecule has 2 aromatic rings. The fourth-order valence-corrected chi connectivity index (χ4v) is 2.13. The first kappa shape index (κ1) is 16.3. The number of ketones is 1. The fraction of sp³-hybridized carbons (Fsp3) is 0.133. The van der Waals surface area contributed by atoms with Crippen LogP contribution in [-0.4, -0.2) is 17.3 Å². The molecule has 0 heterocycles. The van der Waals surface area contributed by atoms with Crippen molar-refractivity contribution in [3.05, 3.63) is 67.7 Å². The van der Waals surface area contributed by atoms with Crippen LogP contribution in [0.4, 0.5) is 5.69 Å². The fourth-order valence-electron chi connectivity index (χ4n) is 1.79. The van der Waals surface area contributed by atoms with Crippen molar-refractivity contribution in [2.24, 2.45) is 0 Å². The smallest absolute Gasteiger partial charge is 0.273 e. The number of hydrogen-bond acceptors (Lipinski definition) is 4. The van der Waals surface area contributed by atoms with E-state index < -0.39 is 4.92 Å². The molecular weight excluding hydrogens is 329 g/mol. The predicted molar refractivity (Wildman–Crippen MR) is 84.1 cm³/mol. The Morgan fingerprint density at radius 3 is 2.64 bits per heavy atom. The van der Waals surface area contributed by atoms with Crippen LogP contribution in [-0.2, 0) is 0 Å². The molecule has 0 aliphatic rings. The van der Waals surface area contributed by atoms with E-state index in [1.54, 1.807) is 19.1 Å². The van der Waals surface area contributed by atoms with Crippen LogP contribution in [0, 0.1) is 17.0 Å². The van der Waals surface area contributed by atoms with Crippen molar-refractivity contribution in [2.45, 2.75) is 6.92 Å². The molecule has 0 bridgehead atoms. The van der Waals surface area contributed by atoms with Gasteiger partial charge in [0.1, 0.15) is 5.75 Å². The number of nitro benzene ring substituents is 1. The van der Waals surface area contributed by atoms with Crippen LogP contribution >= 0.6 is 23.2 Å². The number of nitro groups is 1. The van der Waals surface area contributed by atoms with E-state index in [0.29, 0.717) is 15.6 Å². The molecule has 0 aliphatic heterocycles. The highest BCUT2D eigenvalue weighted by atomic mass is 35.5. The Hall–Kier alpha value is -2.11. The van der Waals surface area contributed by atoms with E-state index in [1.165, 1.54) is 24.3 Å². The molecule has 0 spiro atoms. The summed E-state index contributed by atoms with van der Waals surface area (Å²) >= 11 is 11.8. The van der Waals surface area contributed by atoms with Crippen LogP contribution in [0.2, 0.25) is 10.0 Å². The Labute approximate surface area is 136 Å². The van der Waals surface area contributed by atoms with E-state index in [4.69, 9.17) is 27.9 Å². The number of carbonyl (C=O) groups excluding carboxylic acids is 1. The van der Waals surface area contributed by atoms with Gasteiger partial charge in [0.25, 0.3) is 5.69 Å². The van der Waals surface area contributed by atoms with Gasteiger partial charge in [0.15, 0.2) is 12.4 Å². The maximum atomic E-state index is 12.1. The molecule has 0 saturated carbocycles. The summed E-state index contributed by atoms with van der Waals surface area (Å²) in [5, 5.41) is 11.6. The SMILES string of the molecule is Cc1ccc(C(=O)COc2cc(Cl)ccc2Cl)cc1[N+](=O)[O-]. The summed E-state index contributed by atoms with van der Waals surface area (Å²) in [7, 11) is 0. The predicted octanol–water partition coefficient (Wildman–Crippen LogP) is 4.47. The van der Waals surface area contributed by atoms with E-state index in [0.717, 1.165) is 0 Å². The van der Waals surface area contributed by atoms with Crippen LogP contribution in [0.1, 0.15) is 15.9 Å². The molecule has 0 amide bonds. The summed E-state index contributed by atoms with van der Waals surface area (Å²) in [6.07, 6.45) is 0. The number of benzene rings is 2. The van der Waals surface area contributed by atoms with Gasteiger partial charge >= 0.3 is 0 Å². The van der Waals surface area contributed by atoms with Crippen LogP contribution in [0.3, 0.4) is 0 Å². The van der Waals surface area contributed by atoms with Crippen molar-refractivity contribution in [3.63, 3.8) is 0 Å². The first-order valence-corrected chi connectivity index (χ1v) is 7.00. The van der Waals surface area contributed by atoms with Crippen molar-refractivity contribution in [3.8, 4) is 5.75 Å². The Balaban J connectivity index is 2.14. The quantitative estimate of drug-likeness (QED) is 0.457. The molecule has 0 aromatic heterocycles. The minimum absolute atomic E-state index is 0.105. The number of Topliss-reactive ketones (excluding diaryl/α,β-unsaturated/α-hetero) is 1. The maximum Gasteiger partial charge on any atom is 0.273 e. The van der Waals surface area contributed by atoms with Gasteiger partial charge in [0.2, 0.25) is 0 Å². The molecule has 114 valence electrons. The van der Waals surface area contributed by atoms with Gasteiger partial charge in [-0.3, -0.25) is 14.9 Å². The molecule has 0 aliphatic carbocycles. The third-order valence-electron chi connectivity index (χ3n) is 2.98. The molecule has 0 atom stereocenters. The lowest BCUT2D eigenvalue weighted by molar-refractivity contribution is -0.385. The van der Waals surface area contributed by atoms with Crippen molar-refractivity contribution in [1.29, 1.82) is 0 Å². The van der Waals surface area contributed by atoms with Crippen molar-refractivity contribution >= 4 is 34.7 Å². The summed E-state index contributed by atoms with van der Waals surface area (Å²) < 4.78 is 5.33. The number of aryl methyl sites for hydroxylation is 1. The van der Waals surface area contributed by atoms with Gasteiger partial charge in [-0.25, -0.2) is 0 Å². The van der Waals surface area contributed by atoms with Crippen molar-refractivity contribution < 1.29 is 14.5 Å². The lowest BCUT2D eigenvalue weighted by Gasteiger charge is -2.08. The van der Waals surface area contributed by atoms with E-state index in [-0.39, 0.29) is 29.4 Å². The molecule has 0 unspecified atom stereocenters. The molecule has 7 heteroatoms. The highest BCUT2D eigenvalue weighted by Gasteiger charge is 2.16. The average Bonchev–Trinajstić information content (AvgIpc) is 2.48. The summed E-state index contributed by atoms with van der Waals surface area (Å²) in [6.45, 7) is 1.31. The Morgan fingerprint density at radius 2 is 1.95 bits per heavy atom. The number of ether oxygens (including phenoxy) is 1. The highest BCUT2D eigenvalue weighted by Crippen LogP contribution is 2.28. The molecule has 0 radical (unpaired) electrons. The summed E-state index contributed by atoms with van der Waals surface area (Å²) in [4.78, 5) is 22.4. The highest BCUT2D eigenvalue weighted by molar-refractivity contribution is 6.34. The zero-order valence-corrected chi connectivity index (χ0v) is 13.0. The lowest BCUT2D eigenvalue weighted by atomic mass is 10.1. The summed E-state index contributed by atoms with van der Waals surface area (Å²) in [5.41, 5.74) is 0.586. The number of hydrogen-bond donors (Lipinski definition) is 0. The van der Waals surface area contributed by atoms with Crippen LogP contribution in [0.15, 0.2) is 36.4 Å². The van der Waals surface area contributed by atoms with Gasteiger partial charge in [-0.1, -0.05) is 35.3 Å². The van der Waals surface area contributed by atoms with E-state index in [1.807, 2.05) is 0 Å². The molecule has 5 nitrogen and oxygen atoms in total. The normalized spacial score (nSPS) is 10.3. The van der Waals surface area contributed by atoms with E-state index in [9.17, 15) is 14.9 Å². The largest absolute Gasteiger partial charge is 0.484 e. The van der Waals surface area contributed by atoms with E-state index >= 15 is 0 Å². The molecule has 2 aromatic carbocycles. The first-order valence-electron chi connectivity index (χ1n) is 6.24. The van der Waals surface area contributed by atoms with Gasteiger partial charge in [0.05, 0.1) is 9.95 Å². The lowest BCUT2D eigenvalue weighted by Crippen LogP contribution is -2.12. The zero-order chi connectivity index (χ0) is 16.3. The molecule has 0 N–H and O–H groups in total. The molecule has 0 saturated heterocycles. The second-order valence-corrected chi connectivity index (χ2v) is 5.39. The maximum absolute atomic E-state index is 12.1.